The van der Waals surface area contributed by atoms with Gasteiger partial charge in [0.05, 0.1) is 0 Å². The minimum atomic E-state index is 0.149. The van der Waals surface area contributed by atoms with Crippen LogP contribution in [0.15, 0.2) is 22.7 Å². The first kappa shape index (κ1) is 14.5. The van der Waals surface area contributed by atoms with Crippen molar-refractivity contribution in [2.24, 2.45) is 0 Å². The molecular formula is C14H14BrClN4O. The number of hydrogen-bond acceptors (Lipinski definition) is 5. The van der Waals surface area contributed by atoms with E-state index in [2.05, 4.69) is 35.8 Å². The van der Waals surface area contributed by atoms with Crippen LogP contribution in [0.25, 0.3) is 0 Å². The van der Waals surface area contributed by atoms with E-state index in [0.29, 0.717) is 11.7 Å². The number of aryl methyl sites for hydroxylation is 1. The number of anilines is 1. The minimum absolute atomic E-state index is 0.149. The number of ether oxygens (including phenoxy) is 1. The first-order chi connectivity index (χ1) is 10.1. The zero-order chi connectivity index (χ0) is 14.8. The van der Waals surface area contributed by atoms with Crippen LogP contribution in [-0.4, -0.2) is 28.0 Å². The van der Waals surface area contributed by atoms with Crippen molar-refractivity contribution in [2.75, 3.05) is 18.0 Å². The molecule has 5 nitrogen and oxygen atoms in total. The average molecular weight is 370 g/mol. The van der Waals surface area contributed by atoms with E-state index in [1.165, 1.54) is 0 Å². The lowest BCUT2D eigenvalue weighted by molar-refractivity contribution is 0.439. The Balaban J connectivity index is 1.85. The Hall–Kier alpha value is -1.40. The van der Waals surface area contributed by atoms with Gasteiger partial charge in [-0.1, -0.05) is 15.9 Å². The van der Waals surface area contributed by atoms with Crippen LogP contribution >= 0.6 is 27.5 Å². The van der Waals surface area contributed by atoms with Crippen molar-refractivity contribution in [1.29, 1.82) is 0 Å². The number of nitrogens with zero attached hydrogens (tertiary/aromatic N) is 4. The van der Waals surface area contributed by atoms with Crippen LogP contribution in [0, 0.1) is 6.92 Å². The summed E-state index contributed by atoms with van der Waals surface area (Å²) in [6.07, 6.45) is 2.29. The van der Waals surface area contributed by atoms with Gasteiger partial charge in [-0.3, -0.25) is 0 Å². The summed E-state index contributed by atoms with van der Waals surface area (Å²) in [5.41, 5.74) is 1.08. The summed E-state index contributed by atoms with van der Waals surface area (Å²) < 4.78 is 6.73. The van der Waals surface area contributed by atoms with Crippen molar-refractivity contribution >= 4 is 33.5 Å². The van der Waals surface area contributed by atoms with Crippen LogP contribution < -0.4 is 9.64 Å². The third-order valence-corrected chi connectivity index (χ3v) is 4.36. The summed E-state index contributed by atoms with van der Waals surface area (Å²) >= 11 is 9.43. The molecule has 0 atom stereocenters. The highest BCUT2D eigenvalue weighted by Crippen LogP contribution is 2.26. The van der Waals surface area contributed by atoms with E-state index >= 15 is 0 Å². The molecule has 0 aliphatic carbocycles. The standard InChI is InChI=1S/C14H14BrClN4O/c1-9-8-10(4-5-11(9)15)21-14-18-12(16)17-13(19-14)20-6-2-3-7-20/h4-5,8H,2-3,6-7H2,1H3. The van der Waals surface area contributed by atoms with Crippen LogP contribution in [-0.2, 0) is 0 Å². The van der Waals surface area contributed by atoms with Crippen molar-refractivity contribution in [3.8, 4) is 11.8 Å². The van der Waals surface area contributed by atoms with Gasteiger partial charge in [0.25, 0.3) is 0 Å². The van der Waals surface area contributed by atoms with Gasteiger partial charge < -0.3 is 9.64 Å². The molecule has 2 aromatic rings. The third kappa shape index (κ3) is 3.44. The van der Waals surface area contributed by atoms with Crippen molar-refractivity contribution < 1.29 is 4.74 Å². The SMILES string of the molecule is Cc1cc(Oc2nc(Cl)nc(N3CCCC3)n2)ccc1Br. The van der Waals surface area contributed by atoms with Crippen molar-refractivity contribution in [3.63, 3.8) is 0 Å². The number of aromatic nitrogens is 3. The van der Waals surface area contributed by atoms with Gasteiger partial charge in [-0.05, 0) is 55.1 Å². The summed E-state index contributed by atoms with van der Waals surface area (Å²) in [5.74, 6) is 1.25. The number of hydrogen-bond donors (Lipinski definition) is 0. The average Bonchev–Trinajstić information content (AvgIpc) is 2.96. The highest BCUT2D eigenvalue weighted by molar-refractivity contribution is 9.10. The molecule has 2 heterocycles. The van der Waals surface area contributed by atoms with E-state index in [9.17, 15) is 0 Å². The molecule has 1 aliphatic rings. The normalized spacial score (nSPS) is 14.5. The largest absolute Gasteiger partial charge is 0.424 e. The third-order valence-electron chi connectivity index (χ3n) is 3.30. The molecular weight excluding hydrogens is 356 g/mol. The molecule has 0 saturated carbocycles. The number of rotatable bonds is 3. The summed E-state index contributed by atoms with van der Waals surface area (Å²) in [5, 5.41) is 0.149. The van der Waals surface area contributed by atoms with Gasteiger partial charge in [0.2, 0.25) is 11.2 Å². The van der Waals surface area contributed by atoms with Crippen LogP contribution in [0.1, 0.15) is 18.4 Å². The Labute approximate surface area is 136 Å². The Morgan fingerprint density at radius 3 is 2.67 bits per heavy atom. The molecule has 0 amide bonds. The first-order valence-electron chi connectivity index (χ1n) is 6.72. The quantitative estimate of drug-likeness (QED) is 0.819. The molecule has 1 fully saturated rings. The fraction of sp³-hybridized carbons (Fsp3) is 0.357. The lowest BCUT2D eigenvalue weighted by Crippen LogP contribution is -2.21. The van der Waals surface area contributed by atoms with E-state index < -0.39 is 0 Å². The zero-order valence-corrected chi connectivity index (χ0v) is 13.9. The molecule has 1 aromatic carbocycles. The van der Waals surface area contributed by atoms with Gasteiger partial charge in [0, 0.05) is 17.6 Å². The molecule has 1 aliphatic heterocycles. The monoisotopic (exact) mass is 368 g/mol. The van der Waals surface area contributed by atoms with Gasteiger partial charge in [0.15, 0.2) is 0 Å². The number of benzene rings is 1. The van der Waals surface area contributed by atoms with Gasteiger partial charge in [-0.2, -0.15) is 15.0 Å². The molecule has 0 radical (unpaired) electrons. The maximum Gasteiger partial charge on any atom is 0.328 e. The Morgan fingerprint density at radius 2 is 1.95 bits per heavy atom. The van der Waals surface area contributed by atoms with Gasteiger partial charge in [0.1, 0.15) is 5.75 Å². The predicted molar refractivity (Wildman–Crippen MR) is 85.2 cm³/mol. The number of halogens is 2. The Morgan fingerprint density at radius 1 is 1.19 bits per heavy atom. The van der Waals surface area contributed by atoms with E-state index in [0.717, 1.165) is 36.0 Å². The fourth-order valence-corrected chi connectivity index (χ4v) is 2.61. The summed E-state index contributed by atoms with van der Waals surface area (Å²) in [6.45, 7) is 3.88. The smallest absolute Gasteiger partial charge is 0.328 e. The summed E-state index contributed by atoms with van der Waals surface area (Å²) in [7, 11) is 0. The van der Waals surface area contributed by atoms with Crippen molar-refractivity contribution in [1.82, 2.24) is 15.0 Å². The van der Waals surface area contributed by atoms with Crippen LogP contribution in [0.5, 0.6) is 11.8 Å². The van der Waals surface area contributed by atoms with E-state index in [1.54, 1.807) is 0 Å². The summed E-state index contributed by atoms with van der Waals surface area (Å²) in [6, 6.07) is 5.91. The Kier molecular flexibility index (Phi) is 4.26. The fourth-order valence-electron chi connectivity index (χ4n) is 2.21. The van der Waals surface area contributed by atoms with Gasteiger partial charge >= 0.3 is 6.01 Å². The zero-order valence-electron chi connectivity index (χ0n) is 11.5. The second-order valence-electron chi connectivity index (χ2n) is 4.89. The van der Waals surface area contributed by atoms with E-state index in [-0.39, 0.29) is 11.3 Å². The minimum Gasteiger partial charge on any atom is -0.424 e. The second kappa shape index (κ2) is 6.15. The molecule has 3 rings (SSSR count). The van der Waals surface area contributed by atoms with Crippen molar-refractivity contribution in [2.45, 2.75) is 19.8 Å². The molecule has 0 bridgehead atoms. The lowest BCUT2D eigenvalue weighted by Gasteiger charge is -2.15. The molecule has 21 heavy (non-hydrogen) atoms. The van der Waals surface area contributed by atoms with Gasteiger partial charge in [-0.15, -0.1) is 0 Å². The molecule has 0 N–H and O–H groups in total. The second-order valence-corrected chi connectivity index (χ2v) is 6.09. The maximum absolute atomic E-state index is 5.97. The summed E-state index contributed by atoms with van der Waals surface area (Å²) in [4.78, 5) is 14.6. The molecule has 7 heteroatoms. The molecule has 110 valence electrons. The van der Waals surface area contributed by atoms with E-state index in [4.69, 9.17) is 16.3 Å². The topological polar surface area (TPSA) is 51.1 Å². The van der Waals surface area contributed by atoms with Crippen LogP contribution in [0.3, 0.4) is 0 Å². The van der Waals surface area contributed by atoms with Gasteiger partial charge in [-0.25, -0.2) is 0 Å². The predicted octanol–water partition coefficient (Wildman–Crippen LogP) is 3.99. The van der Waals surface area contributed by atoms with E-state index in [1.807, 2.05) is 25.1 Å². The molecule has 0 spiro atoms. The molecule has 1 saturated heterocycles. The maximum atomic E-state index is 5.97. The van der Waals surface area contributed by atoms with Crippen LogP contribution in [0.4, 0.5) is 5.95 Å². The molecule has 1 aromatic heterocycles. The van der Waals surface area contributed by atoms with Crippen molar-refractivity contribution in [3.05, 3.63) is 33.5 Å². The Bertz CT molecular complexity index is 661. The highest BCUT2D eigenvalue weighted by atomic mass is 79.9. The molecule has 0 unspecified atom stereocenters. The lowest BCUT2D eigenvalue weighted by atomic mass is 10.2. The first-order valence-corrected chi connectivity index (χ1v) is 7.89. The van der Waals surface area contributed by atoms with Crippen LogP contribution in [0.2, 0.25) is 5.28 Å². The highest BCUT2D eigenvalue weighted by Gasteiger charge is 2.17.